The van der Waals surface area contributed by atoms with Gasteiger partial charge in [0.15, 0.2) is 0 Å². The average Bonchev–Trinajstić information content (AvgIpc) is 2.93. The van der Waals surface area contributed by atoms with Gasteiger partial charge in [-0.15, -0.1) is 6.58 Å². The van der Waals surface area contributed by atoms with E-state index in [0.29, 0.717) is 17.6 Å². The van der Waals surface area contributed by atoms with Gasteiger partial charge >= 0.3 is 0 Å². The summed E-state index contributed by atoms with van der Waals surface area (Å²) in [5, 5.41) is 7.65. The molecule has 4 nitrogen and oxygen atoms in total. The minimum atomic E-state index is -0.270. The van der Waals surface area contributed by atoms with Crippen molar-refractivity contribution < 1.29 is 0 Å². The van der Waals surface area contributed by atoms with Crippen molar-refractivity contribution in [1.82, 2.24) is 9.78 Å². The van der Waals surface area contributed by atoms with Gasteiger partial charge in [-0.2, -0.15) is 5.10 Å². The quantitative estimate of drug-likeness (QED) is 0.818. The Hall–Kier alpha value is -1.29. The molecular formula is C15H22ClN3O. The predicted molar refractivity (Wildman–Crippen MR) is 83.4 cm³/mol. The highest BCUT2D eigenvalue weighted by Gasteiger charge is 2.31. The van der Waals surface area contributed by atoms with Crippen molar-refractivity contribution in [1.29, 1.82) is 0 Å². The zero-order valence-electron chi connectivity index (χ0n) is 12.0. The number of halogens is 1. The molecule has 1 aliphatic carbocycles. The van der Waals surface area contributed by atoms with E-state index >= 15 is 0 Å². The predicted octanol–water partition coefficient (Wildman–Crippen LogP) is 3.47. The Labute approximate surface area is 124 Å². The second-order valence-electron chi connectivity index (χ2n) is 5.56. The van der Waals surface area contributed by atoms with Gasteiger partial charge in [-0.3, -0.25) is 4.79 Å². The summed E-state index contributed by atoms with van der Waals surface area (Å²) in [5.74, 6) is 0. The van der Waals surface area contributed by atoms with Crippen LogP contribution in [0.5, 0.6) is 0 Å². The summed E-state index contributed by atoms with van der Waals surface area (Å²) in [6, 6.07) is 0. The van der Waals surface area contributed by atoms with E-state index in [2.05, 4.69) is 23.9 Å². The number of nitrogens with one attached hydrogen (secondary N) is 1. The summed E-state index contributed by atoms with van der Waals surface area (Å²) in [6.45, 7) is 7.06. The second kappa shape index (κ2) is 6.44. The van der Waals surface area contributed by atoms with Gasteiger partial charge in [-0.05, 0) is 24.7 Å². The average molecular weight is 296 g/mol. The highest BCUT2D eigenvalue weighted by molar-refractivity contribution is 6.32. The Kier molecular flexibility index (Phi) is 4.86. The molecule has 0 saturated heterocycles. The third-order valence-corrected chi connectivity index (χ3v) is 4.72. The van der Waals surface area contributed by atoms with Crippen LogP contribution in [0.15, 0.2) is 23.6 Å². The first-order chi connectivity index (χ1) is 9.62. The van der Waals surface area contributed by atoms with Crippen molar-refractivity contribution in [3.63, 3.8) is 0 Å². The second-order valence-corrected chi connectivity index (χ2v) is 5.94. The molecule has 5 heteroatoms. The minimum Gasteiger partial charge on any atom is -0.382 e. The van der Waals surface area contributed by atoms with E-state index in [4.69, 9.17) is 11.6 Å². The lowest BCUT2D eigenvalue weighted by atomic mass is 9.83. The van der Waals surface area contributed by atoms with E-state index in [1.54, 1.807) is 12.3 Å². The largest absolute Gasteiger partial charge is 0.382 e. The number of nitrogens with zero attached hydrogens (tertiary/aromatic N) is 2. The normalized spacial score (nSPS) is 17.1. The van der Waals surface area contributed by atoms with E-state index in [-0.39, 0.29) is 10.6 Å². The number of hydrogen-bond acceptors (Lipinski definition) is 3. The molecule has 0 aliphatic heterocycles. The standard InChI is InChI=1S/C15H22ClN3O/c1-3-9-19-14(20)13(16)12(10-18-19)17-11-15(4-2)7-5-6-8-15/h3,10,17H,1,4-9,11H2,2H3. The number of aromatic nitrogens is 2. The molecule has 0 unspecified atom stereocenters. The van der Waals surface area contributed by atoms with Crippen LogP contribution < -0.4 is 10.9 Å². The topological polar surface area (TPSA) is 46.9 Å². The van der Waals surface area contributed by atoms with Crippen LogP contribution in [0.1, 0.15) is 39.0 Å². The zero-order valence-corrected chi connectivity index (χ0v) is 12.7. The number of rotatable bonds is 6. The molecule has 0 amide bonds. The SMILES string of the molecule is C=CCn1ncc(NCC2(CC)CCCC2)c(Cl)c1=O. The Balaban J connectivity index is 2.12. The van der Waals surface area contributed by atoms with E-state index < -0.39 is 0 Å². The van der Waals surface area contributed by atoms with Gasteiger partial charge in [0.25, 0.3) is 5.56 Å². The van der Waals surface area contributed by atoms with Crippen LogP contribution in [-0.4, -0.2) is 16.3 Å². The molecule has 0 spiro atoms. The molecule has 0 radical (unpaired) electrons. The van der Waals surface area contributed by atoms with Crippen molar-refractivity contribution in [2.45, 2.75) is 45.6 Å². The van der Waals surface area contributed by atoms with Gasteiger partial charge in [0.05, 0.1) is 18.4 Å². The maximum atomic E-state index is 12.0. The van der Waals surface area contributed by atoms with E-state index in [1.807, 2.05) is 0 Å². The van der Waals surface area contributed by atoms with Crippen molar-refractivity contribution >= 4 is 17.3 Å². The van der Waals surface area contributed by atoms with Gasteiger partial charge in [0.2, 0.25) is 0 Å². The lowest BCUT2D eigenvalue weighted by Crippen LogP contribution is -2.28. The van der Waals surface area contributed by atoms with Crippen LogP contribution in [0.4, 0.5) is 5.69 Å². The van der Waals surface area contributed by atoms with Crippen LogP contribution in [0.2, 0.25) is 5.02 Å². The molecule has 1 heterocycles. The highest BCUT2D eigenvalue weighted by atomic mass is 35.5. The Morgan fingerprint density at radius 1 is 1.55 bits per heavy atom. The summed E-state index contributed by atoms with van der Waals surface area (Å²) in [5.41, 5.74) is 0.712. The van der Waals surface area contributed by atoms with E-state index in [0.717, 1.165) is 13.0 Å². The van der Waals surface area contributed by atoms with Crippen molar-refractivity contribution in [2.75, 3.05) is 11.9 Å². The smallest absolute Gasteiger partial charge is 0.287 e. The molecule has 1 fully saturated rings. The summed E-state index contributed by atoms with van der Waals surface area (Å²) in [6.07, 6.45) is 9.49. The maximum absolute atomic E-state index is 12.0. The van der Waals surface area contributed by atoms with Crippen molar-refractivity contribution in [3.8, 4) is 0 Å². The van der Waals surface area contributed by atoms with Crippen LogP contribution in [-0.2, 0) is 6.54 Å². The fourth-order valence-electron chi connectivity index (χ4n) is 2.90. The maximum Gasteiger partial charge on any atom is 0.287 e. The molecule has 2 rings (SSSR count). The number of allylic oxidation sites excluding steroid dienone is 1. The molecule has 0 atom stereocenters. The summed E-state index contributed by atoms with van der Waals surface area (Å²) in [7, 11) is 0. The fraction of sp³-hybridized carbons (Fsp3) is 0.600. The van der Waals surface area contributed by atoms with Gasteiger partial charge < -0.3 is 5.32 Å². The van der Waals surface area contributed by atoms with Crippen LogP contribution >= 0.6 is 11.6 Å². The van der Waals surface area contributed by atoms with Crippen LogP contribution in [0.3, 0.4) is 0 Å². The molecule has 1 N–H and O–H groups in total. The lowest BCUT2D eigenvalue weighted by molar-refractivity contribution is 0.307. The highest BCUT2D eigenvalue weighted by Crippen LogP contribution is 2.41. The van der Waals surface area contributed by atoms with Gasteiger partial charge in [0, 0.05) is 6.54 Å². The molecule has 0 aromatic carbocycles. The fourth-order valence-corrected chi connectivity index (χ4v) is 3.12. The van der Waals surface area contributed by atoms with E-state index in [1.165, 1.54) is 30.4 Å². The lowest BCUT2D eigenvalue weighted by Gasteiger charge is -2.28. The van der Waals surface area contributed by atoms with Crippen molar-refractivity contribution in [2.24, 2.45) is 5.41 Å². The number of hydrogen-bond donors (Lipinski definition) is 1. The monoisotopic (exact) mass is 295 g/mol. The molecule has 110 valence electrons. The molecular weight excluding hydrogens is 274 g/mol. The van der Waals surface area contributed by atoms with Gasteiger partial charge in [-0.25, -0.2) is 4.68 Å². The Morgan fingerprint density at radius 2 is 2.25 bits per heavy atom. The van der Waals surface area contributed by atoms with Gasteiger partial charge in [0.1, 0.15) is 5.02 Å². The van der Waals surface area contributed by atoms with Gasteiger partial charge in [-0.1, -0.05) is 37.4 Å². The number of anilines is 1. The summed E-state index contributed by atoms with van der Waals surface area (Å²) >= 11 is 6.14. The molecule has 20 heavy (non-hydrogen) atoms. The molecule has 1 aromatic rings. The molecule has 1 aromatic heterocycles. The first-order valence-electron chi connectivity index (χ1n) is 7.22. The third-order valence-electron chi connectivity index (χ3n) is 4.35. The van der Waals surface area contributed by atoms with Crippen LogP contribution in [0.25, 0.3) is 0 Å². The molecule has 1 saturated carbocycles. The van der Waals surface area contributed by atoms with Crippen LogP contribution in [0, 0.1) is 5.41 Å². The third kappa shape index (κ3) is 3.06. The zero-order chi connectivity index (χ0) is 14.6. The Morgan fingerprint density at radius 3 is 2.85 bits per heavy atom. The molecule has 0 bridgehead atoms. The summed E-state index contributed by atoms with van der Waals surface area (Å²) in [4.78, 5) is 12.0. The van der Waals surface area contributed by atoms with Crippen molar-refractivity contribution in [3.05, 3.63) is 34.2 Å². The minimum absolute atomic E-state index is 0.214. The van der Waals surface area contributed by atoms with E-state index in [9.17, 15) is 4.79 Å². The molecule has 1 aliphatic rings. The first kappa shape index (κ1) is 15.1. The first-order valence-corrected chi connectivity index (χ1v) is 7.60. The summed E-state index contributed by atoms with van der Waals surface area (Å²) < 4.78 is 1.31. The Bertz CT molecular complexity index is 532.